The van der Waals surface area contributed by atoms with Gasteiger partial charge in [0.05, 0.1) is 11.8 Å². The normalized spacial score (nSPS) is 10.7. The zero-order chi connectivity index (χ0) is 18.8. The van der Waals surface area contributed by atoms with Crippen LogP contribution in [0.3, 0.4) is 0 Å². The molecule has 0 unspecified atom stereocenters. The van der Waals surface area contributed by atoms with Gasteiger partial charge in [-0.2, -0.15) is 0 Å². The zero-order valence-electron chi connectivity index (χ0n) is 13.9. The van der Waals surface area contributed by atoms with E-state index in [1.807, 2.05) is 0 Å². The Kier molecular flexibility index (Phi) is 4.30. The van der Waals surface area contributed by atoms with Crippen LogP contribution in [0, 0.1) is 11.6 Å². The molecule has 2 aromatic heterocycles. The van der Waals surface area contributed by atoms with E-state index in [0.29, 0.717) is 17.0 Å². The van der Waals surface area contributed by atoms with Crippen LogP contribution >= 0.6 is 0 Å². The lowest BCUT2D eigenvalue weighted by atomic mass is 10.1. The van der Waals surface area contributed by atoms with Gasteiger partial charge in [-0.15, -0.1) is 0 Å². The molecule has 0 aliphatic heterocycles. The molecule has 1 N–H and O–H groups in total. The third kappa shape index (κ3) is 3.37. The second-order valence-corrected chi connectivity index (χ2v) is 5.78. The summed E-state index contributed by atoms with van der Waals surface area (Å²) in [7, 11) is 0. The van der Waals surface area contributed by atoms with Crippen LogP contribution in [0.4, 0.5) is 14.5 Å². The molecular formula is C21H13F2NO3. The summed E-state index contributed by atoms with van der Waals surface area (Å²) >= 11 is 0. The fourth-order valence-corrected chi connectivity index (χ4v) is 2.68. The quantitative estimate of drug-likeness (QED) is 0.502. The van der Waals surface area contributed by atoms with E-state index < -0.39 is 17.5 Å². The molecule has 2 heterocycles. The van der Waals surface area contributed by atoms with E-state index in [2.05, 4.69) is 5.32 Å². The fourth-order valence-electron chi connectivity index (χ4n) is 2.68. The first-order chi connectivity index (χ1) is 13.1. The third-order valence-electron chi connectivity index (χ3n) is 3.97. The summed E-state index contributed by atoms with van der Waals surface area (Å²) in [6.45, 7) is 0. The molecule has 0 saturated carbocycles. The highest BCUT2D eigenvalue weighted by Gasteiger charge is 2.15. The Bertz CT molecular complexity index is 1110. The largest absolute Gasteiger partial charge is 0.458 e. The molecule has 6 heteroatoms. The van der Waals surface area contributed by atoms with Crippen LogP contribution in [0.5, 0.6) is 0 Å². The van der Waals surface area contributed by atoms with Crippen molar-refractivity contribution < 1.29 is 22.4 Å². The van der Waals surface area contributed by atoms with Crippen molar-refractivity contribution >= 4 is 11.6 Å². The highest BCUT2D eigenvalue weighted by atomic mass is 19.1. The van der Waals surface area contributed by atoms with E-state index in [0.717, 1.165) is 0 Å². The van der Waals surface area contributed by atoms with E-state index >= 15 is 0 Å². The number of halogens is 2. The summed E-state index contributed by atoms with van der Waals surface area (Å²) in [4.78, 5) is 12.3. The maximum Gasteiger partial charge on any atom is 0.258 e. The van der Waals surface area contributed by atoms with Crippen molar-refractivity contribution in [3.8, 4) is 22.8 Å². The molecule has 27 heavy (non-hydrogen) atoms. The lowest BCUT2D eigenvalue weighted by molar-refractivity contribution is 0.102. The fraction of sp³-hybridized carbons (Fsp3) is 0. The molecule has 4 aromatic rings. The van der Waals surface area contributed by atoms with Crippen LogP contribution in [0.25, 0.3) is 22.8 Å². The molecule has 0 atom stereocenters. The first kappa shape index (κ1) is 16.8. The summed E-state index contributed by atoms with van der Waals surface area (Å²) < 4.78 is 38.1. The highest BCUT2D eigenvalue weighted by molar-refractivity contribution is 6.04. The van der Waals surface area contributed by atoms with E-state index in [9.17, 15) is 13.6 Å². The van der Waals surface area contributed by atoms with Gasteiger partial charge in [-0.1, -0.05) is 24.3 Å². The molecule has 0 spiro atoms. The number of anilines is 1. The molecule has 0 radical (unpaired) electrons. The molecule has 0 fully saturated rings. The first-order valence-electron chi connectivity index (χ1n) is 8.11. The van der Waals surface area contributed by atoms with Gasteiger partial charge in [0.2, 0.25) is 5.76 Å². The predicted octanol–water partition coefficient (Wildman–Crippen LogP) is 5.74. The summed E-state index contributed by atoms with van der Waals surface area (Å²) in [6, 6.07) is 17.1. The predicted molar refractivity (Wildman–Crippen MR) is 96.2 cm³/mol. The lowest BCUT2D eigenvalue weighted by Crippen LogP contribution is -2.13. The second-order valence-electron chi connectivity index (χ2n) is 5.78. The number of carbonyl (C=O) groups excluding carboxylic acids is 1. The summed E-state index contributed by atoms with van der Waals surface area (Å²) in [6.07, 6.45) is 1.24. The van der Waals surface area contributed by atoms with Gasteiger partial charge in [0, 0.05) is 17.3 Å². The average molecular weight is 365 g/mol. The van der Waals surface area contributed by atoms with Crippen molar-refractivity contribution in [2.75, 3.05) is 5.32 Å². The number of hydrogen-bond acceptors (Lipinski definition) is 3. The van der Waals surface area contributed by atoms with Crippen molar-refractivity contribution in [2.45, 2.75) is 0 Å². The molecule has 4 nitrogen and oxygen atoms in total. The van der Waals surface area contributed by atoms with Gasteiger partial charge in [-0.25, -0.2) is 8.78 Å². The highest BCUT2D eigenvalue weighted by Crippen LogP contribution is 2.31. The van der Waals surface area contributed by atoms with Crippen LogP contribution in [0.1, 0.15) is 10.4 Å². The van der Waals surface area contributed by atoms with Crippen molar-refractivity contribution in [3.05, 3.63) is 90.2 Å². The number of nitrogens with one attached hydrogen (secondary N) is 1. The minimum absolute atomic E-state index is 0.0188. The lowest BCUT2D eigenvalue weighted by Gasteiger charge is -2.07. The number of amides is 1. The molecule has 0 saturated heterocycles. The van der Waals surface area contributed by atoms with Gasteiger partial charge in [0.15, 0.2) is 11.6 Å². The molecule has 4 rings (SSSR count). The van der Waals surface area contributed by atoms with E-state index in [4.69, 9.17) is 8.83 Å². The first-order valence-corrected chi connectivity index (χ1v) is 8.11. The number of carbonyl (C=O) groups is 1. The zero-order valence-corrected chi connectivity index (χ0v) is 13.9. The summed E-state index contributed by atoms with van der Waals surface area (Å²) in [5.74, 6) is -0.909. The van der Waals surface area contributed by atoms with Gasteiger partial charge in [0.1, 0.15) is 11.6 Å². The van der Waals surface area contributed by atoms with Crippen LogP contribution in [0.2, 0.25) is 0 Å². The van der Waals surface area contributed by atoms with Gasteiger partial charge in [-0.05, 0) is 36.4 Å². The molecule has 2 aromatic carbocycles. The average Bonchev–Trinajstić information content (AvgIpc) is 3.31. The van der Waals surface area contributed by atoms with Crippen molar-refractivity contribution in [3.63, 3.8) is 0 Å². The van der Waals surface area contributed by atoms with Crippen molar-refractivity contribution in [1.82, 2.24) is 0 Å². The number of hydrogen-bond donors (Lipinski definition) is 1. The van der Waals surface area contributed by atoms with Crippen molar-refractivity contribution in [2.24, 2.45) is 0 Å². The van der Waals surface area contributed by atoms with Crippen molar-refractivity contribution in [1.29, 1.82) is 0 Å². The topological polar surface area (TPSA) is 55.4 Å². The number of furan rings is 2. The summed E-state index contributed by atoms with van der Waals surface area (Å²) in [5.41, 5.74) is 1.10. The smallest absolute Gasteiger partial charge is 0.258 e. The maximum atomic E-state index is 13.7. The molecule has 0 aliphatic rings. The monoisotopic (exact) mass is 365 g/mol. The minimum atomic E-state index is -0.595. The van der Waals surface area contributed by atoms with Crippen LogP contribution in [0.15, 0.2) is 81.8 Å². The minimum Gasteiger partial charge on any atom is -0.458 e. The molecular weight excluding hydrogens is 352 g/mol. The Labute approximate surface area is 153 Å². The van der Waals surface area contributed by atoms with Crippen LogP contribution in [-0.2, 0) is 0 Å². The maximum absolute atomic E-state index is 13.7. The van der Waals surface area contributed by atoms with Gasteiger partial charge in [0.25, 0.3) is 5.91 Å². The molecule has 0 aliphatic carbocycles. The van der Waals surface area contributed by atoms with Gasteiger partial charge in [-0.3, -0.25) is 4.79 Å². The Morgan fingerprint density at radius 1 is 0.852 bits per heavy atom. The standard InChI is InChI=1S/C21H13F2NO3/c22-16-7-2-1-6-15(16)21(25)24-14-5-3-4-13(12-14)18-8-9-19(27-18)20-17(23)10-11-26-20/h1-12H,(H,24,25). The third-order valence-corrected chi connectivity index (χ3v) is 3.97. The van der Waals surface area contributed by atoms with E-state index in [1.54, 1.807) is 42.5 Å². The van der Waals surface area contributed by atoms with Crippen LogP contribution in [-0.4, -0.2) is 5.91 Å². The SMILES string of the molecule is O=C(Nc1cccc(-c2ccc(-c3occc3F)o2)c1)c1ccccc1F. The Morgan fingerprint density at radius 2 is 1.67 bits per heavy atom. The van der Waals surface area contributed by atoms with E-state index in [1.165, 1.54) is 30.5 Å². The Balaban J connectivity index is 1.58. The Hall–Kier alpha value is -3.67. The number of rotatable bonds is 4. The Morgan fingerprint density at radius 3 is 2.44 bits per heavy atom. The second kappa shape index (κ2) is 6.92. The number of benzene rings is 2. The van der Waals surface area contributed by atoms with Gasteiger partial charge < -0.3 is 14.2 Å². The van der Waals surface area contributed by atoms with Crippen LogP contribution < -0.4 is 5.32 Å². The molecule has 134 valence electrons. The van der Waals surface area contributed by atoms with Gasteiger partial charge >= 0.3 is 0 Å². The molecule has 1 amide bonds. The molecule has 0 bridgehead atoms. The van der Waals surface area contributed by atoms with E-state index in [-0.39, 0.29) is 17.1 Å². The summed E-state index contributed by atoms with van der Waals surface area (Å²) in [5, 5.41) is 2.65.